The van der Waals surface area contributed by atoms with Crippen molar-refractivity contribution in [2.75, 3.05) is 18.4 Å². The zero-order valence-corrected chi connectivity index (χ0v) is 15.2. The Balaban J connectivity index is 1.73. The molecule has 2 aromatic carbocycles. The largest absolute Gasteiger partial charge is 0.418 e. The summed E-state index contributed by atoms with van der Waals surface area (Å²) in [6, 6.07) is 12.7. The van der Waals surface area contributed by atoms with Crippen LogP contribution in [-0.2, 0) is 17.3 Å². The van der Waals surface area contributed by atoms with Gasteiger partial charge >= 0.3 is 6.18 Å². The molecular formula is C18H17F3N4OS. The van der Waals surface area contributed by atoms with E-state index in [1.165, 1.54) is 12.1 Å². The average Bonchev–Trinajstić information content (AvgIpc) is 3.13. The minimum atomic E-state index is -4.41. The molecule has 0 unspecified atom stereocenters. The van der Waals surface area contributed by atoms with Gasteiger partial charge < -0.3 is 9.46 Å². The Kier molecular flexibility index (Phi) is 6.02. The smallest absolute Gasteiger partial charge is 0.384 e. The maximum atomic E-state index is 13.1. The van der Waals surface area contributed by atoms with Crippen molar-refractivity contribution in [3.05, 3.63) is 66.0 Å². The minimum absolute atomic E-state index is 0.0167. The van der Waals surface area contributed by atoms with Crippen LogP contribution in [0.15, 0.2) is 59.6 Å². The van der Waals surface area contributed by atoms with E-state index in [-0.39, 0.29) is 5.69 Å². The van der Waals surface area contributed by atoms with Crippen molar-refractivity contribution in [1.29, 1.82) is 0 Å². The van der Waals surface area contributed by atoms with Gasteiger partial charge in [0.15, 0.2) is 0 Å². The predicted octanol–water partition coefficient (Wildman–Crippen LogP) is 4.59. The Hall–Kier alpha value is -2.52. The normalized spacial score (nSPS) is 11.6. The molecule has 9 heteroatoms. The van der Waals surface area contributed by atoms with Crippen LogP contribution in [0.25, 0.3) is 5.69 Å². The minimum Gasteiger partial charge on any atom is -0.384 e. The fraction of sp³-hybridized carbons (Fsp3) is 0.222. The standard InChI is InChI=1S/C18H17F3N4OS/c1-26-10-9-13-12-25(24-22-13)14-5-4-6-15(11-14)27-23-17-8-3-2-7-16(17)18(19,20)21/h2-8,11-12,23H,9-10H2,1H3. The molecule has 0 aliphatic heterocycles. The number of aromatic nitrogens is 3. The first-order valence-corrected chi connectivity index (χ1v) is 8.88. The van der Waals surface area contributed by atoms with E-state index < -0.39 is 11.7 Å². The fourth-order valence-electron chi connectivity index (χ4n) is 2.37. The van der Waals surface area contributed by atoms with E-state index in [4.69, 9.17) is 4.74 Å². The number of methoxy groups -OCH3 is 1. The molecule has 0 fully saturated rings. The summed E-state index contributed by atoms with van der Waals surface area (Å²) in [7, 11) is 1.62. The molecule has 142 valence electrons. The third-order valence-electron chi connectivity index (χ3n) is 3.70. The molecule has 0 amide bonds. The van der Waals surface area contributed by atoms with Crippen molar-refractivity contribution >= 4 is 17.6 Å². The van der Waals surface area contributed by atoms with E-state index in [1.54, 1.807) is 30.1 Å². The number of nitrogens with one attached hydrogen (secondary N) is 1. The van der Waals surface area contributed by atoms with Crippen LogP contribution in [0.5, 0.6) is 0 Å². The lowest BCUT2D eigenvalue weighted by molar-refractivity contribution is -0.136. The van der Waals surface area contributed by atoms with E-state index in [1.807, 2.05) is 18.2 Å². The quantitative estimate of drug-likeness (QED) is 0.594. The highest BCUT2D eigenvalue weighted by Gasteiger charge is 2.33. The van der Waals surface area contributed by atoms with Gasteiger partial charge in [-0.05, 0) is 42.3 Å². The van der Waals surface area contributed by atoms with E-state index in [2.05, 4.69) is 15.0 Å². The number of rotatable bonds is 7. The maximum Gasteiger partial charge on any atom is 0.418 e. The second kappa shape index (κ2) is 8.45. The SMILES string of the molecule is COCCc1cn(-c2cccc(SNc3ccccc3C(F)(F)F)c2)nn1. The summed E-state index contributed by atoms with van der Waals surface area (Å²) in [6.07, 6.45) is -1.96. The molecule has 1 heterocycles. The number of halogens is 3. The zero-order chi connectivity index (χ0) is 19.3. The third kappa shape index (κ3) is 5.01. The van der Waals surface area contributed by atoms with E-state index in [0.717, 1.165) is 34.3 Å². The van der Waals surface area contributed by atoms with Gasteiger partial charge in [-0.15, -0.1) is 5.10 Å². The number of benzene rings is 2. The van der Waals surface area contributed by atoms with E-state index in [0.29, 0.717) is 13.0 Å². The molecule has 27 heavy (non-hydrogen) atoms. The van der Waals surface area contributed by atoms with Gasteiger partial charge in [-0.1, -0.05) is 23.4 Å². The summed E-state index contributed by atoms with van der Waals surface area (Å²) in [5.41, 5.74) is 0.880. The summed E-state index contributed by atoms with van der Waals surface area (Å²) in [6.45, 7) is 0.553. The van der Waals surface area contributed by atoms with Crippen molar-refractivity contribution in [3.8, 4) is 5.69 Å². The number of alkyl halides is 3. The number of ether oxygens (including phenoxy) is 1. The molecule has 0 aliphatic rings. The molecule has 3 rings (SSSR count). The molecule has 0 aliphatic carbocycles. The summed E-state index contributed by atoms with van der Waals surface area (Å²) >= 11 is 1.10. The lowest BCUT2D eigenvalue weighted by atomic mass is 10.2. The molecule has 1 aromatic heterocycles. The molecule has 0 saturated carbocycles. The summed E-state index contributed by atoms with van der Waals surface area (Å²) in [5.74, 6) is 0. The van der Waals surface area contributed by atoms with Gasteiger partial charge in [-0.2, -0.15) is 13.2 Å². The molecule has 0 spiro atoms. The van der Waals surface area contributed by atoms with Gasteiger partial charge in [0.05, 0.1) is 35.4 Å². The Bertz CT molecular complexity index is 898. The second-order valence-corrected chi connectivity index (χ2v) is 6.52. The lowest BCUT2D eigenvalue weighted by Crippen LogP contribution is -2.07. The summed E-state index contributed by atoms with van der Waals surface area (Å²) in [5, 5.41) is 8.16. The summed E-state index contributed by atoms with van der Waals surface area (Å²) < 4.78 is 48.6. The molecule has 0 bridgehead atoms. The highest BCUT2D eigenvalue weighted by Crippen LogP contribution is 2.36. The van der Waals surface area contributed by atoms with Crippen LogP contribution in [0.3, 0.4) is 0 Å². The molecule has 0 radical (unpaired) electrons. The van der Waals surface area contributed by atoms with Crippen LogP contribution in [0, 0.1) is 0 Å². The van der Waals surface area contributed by atoms with Crippen LogP contribution < -0.4 is 4.72 Å². The second-order valence-electron chi connectivity index (χ2n) is 5.64. The highest BCUT2D eigenvalue weighted by atomic mass is 32.2. The predicted molar refractivity (Wildman–Crippen MR) is 97.9 cm³/mol. The van der Waals surface area contributed by atoms with Crippen molar-refractivity contribution in [1.82, 2.24) is 15.0 Å². The van der Waals surface area contributed by atoms with Gasteiger partial charge in [0, 0.05) is 18.4 Å². The first kappa shape index (κ1) is 19.2. The van der Waals surface area contributed by atoms with Crippen molar-refractivity contribution in [2.45, 2.75) is 17.5 Å². The van der Waals surface area contributed by atoms with Crippen LogP contribution in [-0.4, -0.2) is 28.7 Å². The Morgan fingerprint density at radius 2 is 1.96 bits per heavy atom. The van der Waals surface area contributed by atoms with Crippen LogP contribution in [0.2, 0.25) is 0 Å². The molecule has 0 saturated heterocycles. The average molecular weight is 394 g/mol. The van der Waals surface area contributed by atoms with Crippen molar-refractivity contribution < 1.29 is 17.9 Å². The maximum absolute atomic E-state index is 13.1. The van der Waals surface area contributed by atoms with Gasteiger partial charge in [-0.25, -0.2) is 4.68 Å². The topological polar surface area (TPSA) is 52.0 Å². The first-order chi connectivity index (χ1) is 13.0. The molecule has 1 N–H and O–H groups in total. The molecule has 3 aromatic rings. The van der Waals surface area contributed by atoms with Gasteiger partial charge in [-0.3, -0.25) is 0 Å². The zero-order valence-electron chi connectivity index (χ0n) is 14.4. The molecule has 5 nitrogen and oxygen atoms in total. The number of hydrogen-bond acceptors (Lipinski definition) is 5. The monoisotopic (exact) mass is 394 g/mol. The molecule has 0 atom stereocenters. The lowest BCUT2D eigenvalue weighted by Gasteiger charge is -2.13. The van der Waals surface area contributed by atoms with E-state index in [9.17, 15) is 13.2 Å². The Morgan fingerprint density at radius 3 is 2.74 bits per heavy atom. The molecular weight excluding hydrogens is 377 g/mol. The Labute approximate surface area is 158 Å². The van der Waals surface area contributed by atoms with Crippen LogP contribution in [0.4, 0.5) is 18.9 Å². The van der Waals surface area contributed by atoms with E-state index >= 15 is 0 Å². The fourth-order valence-corrected chi connectivity index (χ4v) is 3.10. The third-order valence-corrected chi connectivity index (χ3v) is 4.51. The van der Waals surface area contributed by atoms with Gasteiger partial charge in [0.2, 0.25) is 0 Å². The van der Waals surface area contributed by atoms with Gasteiger partial charge in [0.25, 0.3) is 0 Å². The highest BCUT2D eigenvalue weighted by molar-refractivity contribution is 8.00. The van der Waals surface area contributed by atoms with Crippen molar-refractivity contribution in [2.24, 2.45) is 0 Å². The first-order valence-electron chi connectivity index (χ1n) is 8.07. The van der Waals surface area contributed by atoms with Crippen molar-refractivity contribution in [3.63, 3.8) is 0 Å². The number of anilines is 1. The number of para-hydroxylation sites is 1. The Morgan fingerprint density at radius 1 is 1.15 bits per heavy atom. The van der Waals surface area contributed by atoms with Crippen LogP contribution >= 0.6 is 11.9 Å². The van der Waals surface area contributed by atoms with Crippen LogP contribution in [0.1, 0.15) is 11.3 Å². The van der Waals surface area contributed by atoms with Gasteiger partial charge in [0.1, 0.15) is 0 Å². The number of nitrogens with zero attached hydrogens (tertiary/aromatic N) is 3. The number of hydrogen-bond donors (Lipinski definition) is 1. The summed E-state index contributed by atoms with van der Waals surface area (Å²) in [4.78, 5) is 0.749.